The highest BCUT2D eigenvalue weighted by Crippen LogP contribution is 2.20. The largest absolute Gasteiger partial charge is 0.494 e. The van der Waals surface area contributed by atoms with Crippen LogP contribution in [0.4, 0.5) is 5.69 Å². The molecule has 3 N–H and O–H groups in total. The summed E-state index contributed by atoms with van der Waals surface area (Å²) in [5.41, 5.74) is 0.710. The predicted octanol–water partition coefficient (Wildman–Crippen LogP) is 2.23. The number of anilines is 1. The van der Waals surface area contributed by atoms with Crippen LogP contribution in [0.15, 0.2) is 53.4 Å². The number of hydrogen-bond donors (Lipinski definition) is 3. The van der Waals surface area contributed by atoms with Crippen LogP contribution in [0.25, 0.3) is 0 Å². The van der Waals surface area contributed by atoms with E-state index in [-0.39, 0.29) is 10.8 Å². The summed E-state index contributed by atoms with van der Waals surface area (Å²) in [6, 6.07) is 12.5. The summed E-state index contributed by atoms with van der Waals surface area (Å²) >= 11 is 0. The number of carbonyl (C=O) groups excluding carboxylic acids is 1. The lowest BCUT2D eigenvalue weighted by Crippen LogP contribution is -2.31. The Morgan fingerprint density at radius 1 is 1.04 bits per heavy atom. The lowest BCUT2D eigenvalue weighted by molar-refractivity contribution is 0.0954. The molecule has 0 aliphatic rings. The molecule has 27 heavy (non-hydrogen) atoms. The Balaban J connectivity index is 2.06. The minimum atomic E-state index is -3.76. The van der Waals surface area contributed by atoms with Gasteiger partial charge in [-0.05, 0) is 55.9 Å². The summed E-state index contributed by atoms with van der Waals surface area (Å²) in [6.45, 7) is 6.35. The summed E-state index contributed by atoms with van der Waals surface area (Å²) in [5.74, 6) is 0.350. The van der Waals surface area contributed by atoms with Gasteiger partial charge in [0.25, 0.3) is 15.9 Å². The van der Waals surface area contributed by atoms with Crippen molar-refractivity contribution in [1.29, 1.82) is 0 Å². The van der Waals surface area contributed by atoms with Gasteiger partial charge < -0.3 is 15.4 Å². The predicted molar refractivity (Wildman–Crippen MR) is 106 cm³/mol. The number of carbonyl (C=O) groups is 1. The van der Waals surface area contributed by atoms with E-state index in [1.54, 1.807) is 30.3 Å². The SMILES string of the molecule is CCNCCNC(=O)c1cccc(NS(=O)(=O)c2ccc(OCC)cc2)c1. The highest BCUT2D eigenvalue weighted by molar-refractivity contribution is 7.92. The van der Waals surface area contributed by atoms with Crippen molar-refractivity contribution in [2.75, 3.05) is 31.0 Å². The number of rotatable bonds is 10. The molecule has 0 aliphatic heterocycles. The van der Waals surface area contributed by atoms with Gasteiger partial charge in [-0.1, -0.05) is 13.0 Å². The van der Waals surface area contributed by atoms with E-state index < -0.39 is 10.0 Å². The molecule has 0 heterocycles. The molecule has 0 atom stereocenters. The van der Waals surface area contributed by atoms with Crippen molar-refractivity contribution in [3.05, 3.63) is 54.1 Å². The molecule has 0 radical (unpaired) electrons. The first-order chi connectivity index (χ1) is 13.0. The number of likely N-dealkylation sites (N-methyl/N-ethyl adjacent to an activating group) is 1. The van der Waals surface area contributed by atoms with Gasteiger partial charge in [0.05, 0.1) is 11.5 Å². The van der Waals surface area contributed by atoms with E-state index in [0.717, 1.165) is 6.54 Å². The Kier molecular flexibility index (Phi) is 7.63. The number of hydrogen-bond acceptors (Lipinski definition) is 5. The minimum absolute atomic E-state index is 0.117. The molecule has 0 spiro atoms. The average Bonchev–Trinajstić information content (AvgIpc) is 2.66. The lowest BCUT2D eigenvalue weighted by Gasteiger charge is -2.11. The van der Waals surface area contributed by atoms with Gasteiger partial charge in [-0.3, -0.25) is 9.52 Å². The third-order valence-electron chi connectivity index (χ3n) is 3.66. The molecule has 0 unspecified atom stereocenters. The van der Waals surface area contributed by atoms with Crippen molar-refractivity contribution in [3.63, 3.8) is 0 Å². The maximum Gasteiger partial charge on any atom is 0.261 e. The second kappa shape index (κ2) is 9.94. The van der Waals surface area contributed by atoms with Gasteiger partial charge in [0.15, 0.2) is 0 Å². The molecule has 146 valence electrons. The van der Waals surface area contributed by atoms with E-state index in [0.29, 0.717) is 36.7 Å². The number of sulfonamides is 1. The molecule has 0 aliphatic carbocycles. The van der Waals surface area contributed by atoms with Gasteiger partial charge in [-0.25, -0.2) is 8.42 Å². The topological polar surface area (TPSA) is 96.5 Å². The molecular formula is C19H25N3O4S. The molecule has 8 heteroatoms. The summed E-state index contributed by atoms with van der Waals surface area (Å²) in [5, 5.41) is 5.89. The number of benzene rings is 2. The summed E-state index contributed by atoms with van der Waals surface area (Å²) in [7, 11) is -3.76. The first-order valence-corrected chi connectivity index (χ1v) is 10.3. The van der Waals surface area contributed by atoms with Crippen molar-refractivity contribution in [3.8, 4) is 5.75 Å². The van der Waals surface area contributed by atoms with E-state index >= 15 is 0 Å². The van der Waals surface area contributed by atoms with E-state index in [9.17, 15) is 13.2 Å². The van der Waals surface area contributed by atoms with Crippen LogP contribution in [0.5, 0.6) is 5.75 Å². The highest BCUT2D eigenvalue weighted by atomic mass is 32.2. The molecule has 0 bridgehead atoms. The third-order valence-corrected chi connectivity index (χ3v) is 5.06. The zero-order valence-corrected chi connectivity index (χ0v) is 16.3. The first kappa shape index (κ1) is 20.7. The standard InChI is InChI=1S/C19H25N3O4S/c1-3-20-12-13-21-19(23)15-6-5-7-16(14-15)22-27(24,25)18-10-8-17(9-11-18)26-4-2/h5-11,14,20,22H,3-4,12-13H2,1-2H3,(H,21,23). The molecule has 0 aromatic heterocycles. The molecule has 7 nitrogen and oxygen atoms in total. The number of amides is 1. The molecule has 1 amide bonds. The van der Waals surface area contributed by atoms with Crippen LogP contribution in [-0.4, -0.2) is 40.6 Å². The van der Waals surface area contributed by atoms with Crippen molar-refractivity contribution < 1.29 is 17.9 Å². The molecular weight excluding hydrogens is 366 g/mol. The van der Waals surface area contributed by atoms with Crippen molar-refractivity contribution in [1.82, 2.24) is 10.6 Å². The van der Waals surface area contributed by atoms with Crippen molar-refractivity contribution in [2.24, 2.45) is 0 Å². The van der Waals surface area contributed by atoms with Crippen LogP contribution in [0, 0.1) is 0 Å². The van der Waals surface area contributed by atoms with Gasteiger partial charge >= 0.3 is 0 Å². The molecule has 0 saturated carbocycles. The van der Waals surface area contributed by atoms with Crippen LogP contribution in [0.3, 0.4) is 0 Å². The second-order valence-corrected chi connectivity index (χ2v) is 7.38. The summed E-state index contributed by atoms with van der Waals surface area (Å²) in [6.07, 6.45) is 0. The van der Waals surface area contributed by atoms with Crippen LogP contribution in [0.1, 0.15) is 24.2 Å². The van der Waals surface area contributed by atoms with Crippen molar-refractivity contribution >= 4 is 21.6 Å². The zero-order chi connectivity index (χ0) is 19.7. The van der Waals surface area contributed by atoms with Gasteiger partial charge in [-0.2, -0.15) is 0 Å². The van der Waals surface area contributed by atoms with Crippen LogP contribution in [-0.2, 0) is 10.0 Å². The van der Waals surface area contributed by atoms with Crippen molar-refractivity contribution in [2.45, 2.75) is 18.7 Å². The summed E-state index contributed by atoms with van der Waals surface area (Å²) in [4.78, 5) is 12.3. The van der Waals surface area contributed by atoms with E-state index in [1.165, 1.54) is 18.2 Å². The van der Waals surface area contributed by atoms with Crippen LogP contribution >= 0.6 is 0 Å². The third kappa shape index (κ3) is 6.26. The summed E-state index contributed by atoms with van der Waals surface area (Å²) < 4.78 is 32.9. The zero-order valence-electron chi connectivity index (χ0n) is 15.5. The fourth-order valence-electron chi connectivity index (χ4n) is 2.36. The monoisotopic (exact) mass is 391 g/mol. The van der Waals surface area contributed by atoms with Gasteiger partial charge in [0.2, 0.25) is 0 Å². The quantitative estimate of drug-likeness (QED) is 0.540. The van der Waals surface area contributed by atoms with Crippen LogP contribution in [0.2, 0.25) is 0 Å². The Morgan fingerprint density at radius 3 is 2.44 bits per heavy atom. The van der Waals surface area contributed by atoms with Gasteiger partial charge in [-0.15, -0.1) is 0 Å². The fraction of sp³-hybridized carbons (Fsp3) is 0.316. The molecule has 2 aromatic rings. The van der Waals surface area contributed by atoms with E-state index in [1.807, 2.05) is 13.8 Å². The molecule has 0 saturated heterocycles. The number of ether oxygens (including phenoxy) is 1. The fourth-order valence-corrected chi connectivity index (χ4v) is 3.41. The average molecular weight is 391 g/mol. The van der Waals surface area contributed by atoms with E-state index in [2.05, 4.69) is 15.4 Å². The maximum absolute atomic E-state index is 12.5. The Morgan fingerprint density at radius 2 is 1.78 bits per heavy atom. The Hall–Kier alpha value is -2.58. The lowest BCUT2D eigenvalue weighted by atomic mass is 10.2. The van der Waals surface area contributed by atoms with Gasteiger partial charge in [0.1, 0.15) is 5.75 Å². The smallest absolute Gasteiger partial charge is 0.261 e. The maximum atomic E-state index is 12.5. The number of nitrogens with one attached hydrogen (secondary N) is 3. The second-order valence-electron chi connectivity index (χ2n) is 5.70. The van der Waals surface area contributed by atoms with Gasteiger partial charge in [0, 0.05) is 24.3 Å². The normalized spacial score (nSPS) is 11.0. The molecule has 2 rings (SSSR count). The minimum Gasteiger partial charge on any atom is -0.494 e. The van der Waals surface area contributed by atoms with Crippen LogP contribution < -0.4 is 20.1 Å². The molecule has 0 fully saturated rings. The van der Waals surface area contributed by atoms with E-state index in [4.69, 9.17) is 4.74 Å². The Bertz CT molecular complexity index is 852. The first-order valence-electron chi connectivity index (χ1n) is 8.81. The molecule has 2 aromatic carbocycles. The Labute approximate surface area is 160 Å². The highest BCUT2D eigenvalue weighted by Gasteiger charge is 2.15.